The summed E-state index contributed by atoms with van der Waals surface area (Å²) >= 11 is 0. The molecule has 0 aliphatic heterocycles. The van der Waals surface area contributed by atoms with Crippen LogP contribution in [0.5, 0.6) is 5.75 Å². The van der Waals surface area contributed by atoms with E-state index in [1.54, 1.807) is 0 Å². The van der Waals surface area contributed by atoms with Crippen molar-refractivity contribution in [3.63, 3.8) is 0 Å². The second kappa shape index (κ2) is 12.5. The van der Waals surface area contributed by atoms with Gasteiger partial charge < -0.3 is 10.1 Å². The standard InChI is InChI=1S/C24H35NO/c1-3-4-5-6-7-10-18-26-24-15-11-13-22(19-24)20-25-17-16-23-14-9-8-12-21(23)2/h8-9,11-15,19,25H,3-7,10,16-18,20H2,1-2H3. The van der Waals surface area contributed by atoms with Crippen molar-refractivity contribution in [1.29, 1.82) is 0 Å². The molecule has 142 valence electrons. The Morgan fingerprint density at radius 3 is 2.54 bits per heavy atom. The van der Waals surface area contributed by atoms with E-state index in [-0.39, 0.29) is 0 Å². The van der Waals surface area contributed by atoms with E-state index in [1.165, 1.54) is 48.8 Å². The Morgan fingerprint density at radius 2 is 1.69 bits per heavy atom. The predicted molar refractivity (Wildman–Crippen MR) is 112 cm³/mol. The van der Waals surface area contributed by atoms with Crippen LogP contribution in [0.4, 0.5) is 0 Å². The van der Waals surface area contributed by atoms with E-state index >= 15 is 0 Å². The zero-order valence-corrected chi connectivity index (χ0v) is 16.6. The molecule has 0 aromatic heterocycles. The molecule has 2 rings (SSSR count). The second-order valence-electron chi connectivity index (χ2n) is 7.12. The maximum Gasteiger partial charge on any atom is 0.119 e. The summed E-state index contributed by atoms with van der Waals surface area (Å²) in [6.07, 6.45) is 8.87. The lowest BCUT2D eigenvalue weighted by Crippen LogP contribution is -2.17. The SMILES string of the molecule is CCCCCCCCOc1cccc(CNCCc2ccccc2C)c1. The van der Waals surface area contributed by atoms with Crippen molar-refractivity contribution >= 4 is 0 Å². The molecule has 0 spiro atoms. The van der Waals surface area contributed by atoms with Crippen LogP contribution >= 0.6 is 0 Å². The molecule has 0 saturated carbocycles. The summed E-state index contributed by atoms with van der Waals surface area (Å²) in [4.78, 5) is 0. The van der Waals surface area contributed by atoms with Gasteiger partial charge in [-0.3, -0.25) is 0 Å². The van der Waals surface area contributed by atoms with Crippen molar-refractivity contribution in [3.05, 3.63) is 65.2 Å². The molecule has 0 amide bonds. The molecule has 26 heavy (non-hydrogen) atoms. The molecule has 1 N–H and O–H groups in total. The number of ether oxygens (including phenoxy) is 1. The van der Waals surface area contributed by atoms with Crippen molar-refractivity contribution in [2.45, 2.75) is 65.3 Å². The Hall–Kier alpha value is -1.80. The van der Waals surface area contributed by atoms with Crippen LogP contribution in [0.2, 0.25) is 0 Å². The molecule has 2 nitrogen and oxygen atoms in total. The smallest absolute Gasteiger partial charge is 0.119 e. The van der Waals surface area contributed by atoms with E-state index < -0.39 is 0 Å². The average molecular weight is 354 g/mol. The van der Waals surface area contributed by atoms with Crippen molar-refractivity contribution in [2.24, 2.45) is 0 Å². The zero-order valence-electron chi connectivity index (χ0n) is 16.6. The quantitative estimate of drug-likeness (QED) is 0.441. The number of hydrogen-bond acceptors (Lipinski definition) is 2. The number of nitrogens with one attached hydrogen (secondary N) is 1. The maximum atomic E-state index is 5.92. The van der Waals surface area contributed by atoms with Gasteiger partial charge in [0.1, 0.15) is 5.75 Å². The Bertz CT molecular complexity index is 623. The van der Waals surface area contributed by atoms with Crippen molar-refractivity contribution in [2.75, 3.05) is 13.2 Å². The fourth-order valence-corrected chi connectivity index (χ4v) is 3.16. The number of unbranched alkanes of at least 4 members (excludes halogenated alkanes) is 5. The molecule has 0 fully saturated rings. The average Bonchev–Trinajstić information content (AvgIpc) is 2.66. The first-order valence-electron chi connectivity index (χ1n) is 10.3. The van der Waals surface area contributed by atoms with Gasteiger partial charge in [-0.2, -0.15) is 0 Å². The van der Waals surface area contributed by atoms with Gasteiger partial charge in [-0.05, 0) is 55.1 Å². The van der Waals surface area contributed by atoms with Crippen LogP contribution in [0.25, 0.3) is 0 Å². The summed E-state index contributed by atoms with van der Waals surface area (Å²) in [6, 6.07) is 17.1. The van der Waals surface area contributed by atoms with Crippen LogP contribution in [0.15, 0.2) is 48.5 Å². The first kappa shape index (κ1) is 20.5. The van der Waals surface area contributed by atoms with E-state index in [1.807, 2.05) is 0 Å². The third kappa shape index (κ3) is 8.05. The van der Waals surface area contributed by atoms with Crippen LogP contribution < -0.4 is 10.1 Å². The van der Waals surface area contributed by atoms with Crippen LogP contribution in [0, 0.1) is 6.92 Å². The molecule has 2 aromatic carbocycles. The summed E-state index contributed by atoms with van der Waals surface area (Å²) in [5, 5.41) is 3.54. The fraction of sp³-hybridized carbons (Fsp3) is 0.500. The van der Waals surface area contributed by atoms with Gasteiger partial charge in [-0.15, -0.1) is 0 Å². The summed E-state index contributed by atoms with van der Waals surface area (Å²) in [5.74, 6) is 0.997. The molecule has 0 atom stereocenters. The van der Waals surface area contributed by atoms with Crippen LogP contribution in [0.1, 0.15) is 62.1 Å². The lowest BCUT2D eigenvalue weighted by atomic mass is 10.1. The van der Waals surface area contributed by atoms with Crippen LogP contribution in [0.3, 0.4) is 0 Å². The first-order valence-corrected chi connectivity index (χ1v) is 10.3. The van der Waals surface area contributed by atoms with Gasteiger partial charge in [0.05, 0.1) is 6.61 Å². The molecule has 0 heterocycles. The lowest BCUT2D eigenvalue weighted by molar-refractivity contribution is 0.304. The molecule has 0 radical (unpaired) electrons. The molecule has 2 aromatic rings. The largest absolute Gasteiger partial charge is 0.494 e. The maximum absolute atomic E-state index is 5.92. The highest BCUT2D eigenvalue weighted by Gasteiger charge is 2.00. The highest BCUT2D eigenvalue weighted by molar-refractivity contribution is 5.28. The number of hydrogen-bond donors (Lipinski definition) is 1. The zero-order chi connectivity index (χ0) is 18.5. The van der Waals surface area contributed by atoms with Gasteiger partial charge in [0, 0.05) is 6.54 Å². The summed E-state index contributed by atoms with van der Waals surface area (Å²) in [6.45, 7) is 7.15. The Kier molecular flexibility index (Phi) is 9.89. The predicted octanol–water partition coefficient (Wildman–Crippen LogP) is 6.07. The normalized spacial score (nSPS) is 10.8. The van der Waals surface area contributed by atoms with Crippen LogP contribution in [-0.4, -0.2) is 13.2 Å². The van der Waals surface area contributed by atoms with Gasteiger partial charge in [0.25, 0.3) is 0 Å². The molecule has 0 unspecified atom stereocenters. The summed E-state index contributed by atoms with van der Waals surface area (Å²) < 4.78 is 5.92. The third-order valence-corrected chi connectivity index (χ3v) is 4.83. The monoisotopic (exact) mass is 353 g/mol. The molecule has 0 saturated heterocycles. The number of benzene rings is 2. The van der Waals surface area contributed by atoms with Crippen LogP contribution in [-0.2, 0) is 13.0 Å². The molecule has 0 aliphatic carbocycles. The third-order valence-electron chi connectivity index (χ3n) is 4.83. The minimum atomic E-state index is 0.830. The molecule has 0 aliphatic rings. The van der Waals surface area contributed by atoms with Crippen molar-refractivity contribution in [1.82, 2.24) is 5.32 Å². The Balaban J connectivity index is 1.63. The van der Waals surface area contributed by atoms with Crippen molar-refractivity contribution in [3.8, 4) is 5.75 Å². The topological polar surface area (TPSA) is 21.3 Å². The highest BCUT2D eigenvalue weighted by Crippen LogP contribution is 2.14. The fourth-order valence-electron chi connectivity index (χ4n) is 3.16. The minimum absolute atomic E-state index is 0.830. The highest BCUT2D eigenvalue weighted by atomic mass is 16.5. The van der Waals surface area contributed by atoms with E-state index in [9.17, 15) is 0 Å². The van der Waals surface area contributed by atoms with E-state index in [0.29, 0.717) is 0 Å². The lowest BCUT2D eigenvalue weighted by Gasteiger charge is -2.10. The molecular formula is C24H35NO. The van der Waals surface area contributed by atoms with Gasteiger partial charge in [0.2, 0.25) is 0 Å². The second-order valence-corrected chi connectivity index (χ2v) is 7.12. The van der Waals surface area contributed by atoms with Crippen molar-refractivity contribution < 1.29 is 4.74 Å². The Labute approximate surface area is 160 Å². The molecule has 0 bridgehead atoms. The van der Waals surface area contributed by atoms with Gasteiger partial charge in [0.15, 0.2) is 0 Å². The minimum Gasteiger partial charge on any atom is -0.494 e. The van der Waals surface area contributed by atoms with Gasteiger partial charge >= 0.3 is 0 Å². The molecular weight excluding hydrogens is 318 g/mol. The van der Waals surface area contributed by atoms with E-state index in [4.69, 9.17) is 4.74 Å². The van der Waals surface area contributed by atoms with E-state index in [2.05, 4.69) is 67.7 Å². The number of rotatable bonds is 13. The summed E-state index contributed by atoms with van der Waals surface area (Å²) in [7, 11) is 0. The van der Waals surface area contributed by atoms with Gasteiger partial charge in [-0.1, -0.05) is 75.4 Å². The number of aryl methyl sites for hydroxylation is 1. The molecule has 2 heteroatoms. The van der Waals surface area contributed by atoms with Gasteiger partial charge in [-0.25, -0.2) is 0 Å². The Morgan fingerprint density at radius 1 is 0.885 bits per heavy atom. The van der Waals surface area contributed by atoms with E-state index in [0.717, 1.165) is 38.3 Å². The summed E-state index contributed by atoms with van der Waals surface area (Å²) in [5.41, 5.74) is 4.09. The first-order chi connectivity index (χ1) is 12.8.